The van der Waals surface area contributed by atoms with Crippen molar-refractivity contribution in [3.8, 4) is 11.5 Å². The first kappa shape index (κ1) is 17.7. The van der Waals surface area contributed by atoms with Crippen LogP contribution in [0.3, 0.4) is 0 Å². The van der Waals surface area contributed by atoms with Gasteiger partial charge in [-0.25, -0.2) is 0 Å². The molecule has 0 saturated carbocycles. The molecule has 2 aliphatic rings. The van der Waals surface area contributed by atoms with Gasteiger partial charge >= 0.3 is 0 Å². The minimum atomic E-state index is -0.384. The molecule has 1 saturated heterocycles. The lowest BCUT2D eigenvalue weighted by Gasteiger charge is -2.26. The summed E-state index contributed by atoms with van der Waals surface area (Å²) >= 11 is 5.89. The molecule has 0 radical (unpaired) electrons. The molecule has 2 atom stereocenters. The van der Waals surface area contributed by atoms with Crippen LogP contribution in [-0.2, 0) is 9.59 Å². The summed E-state index contributed by atoms with van der Waals surface area (Å²) in [4.78, 5) is 26.4. The summed E-state index contributed by atoms with van der Waals surface area (Å²) in [5.74, 6) is 0.781. The van der Waals surface area contributed by atoms with Crippen LogP contribution in [0.25, 0.3) is 0 Å². The second kappa shape index (κ2) is 7.48. The maximum absolute atomic E-state index is 12.5. The summed E-state index contributed by atoms with van der Waals surface area (Å²) in [5.41, 5.74) is 0.750. The molecule has 4 rings (SSSR count). The van der Waals surface area contributed by atoms with Crippen LogP contribution in [-0.4, -0.2) is 37.6 Å². The molecule has 0 spiro atoms. The maximum atomic E-state index is 12.5. The van der Waals surface area contributed by atoms with Crippen LogP contribution >= 0.6 is 11.6 Å². The summed E-state index contributed by atoms with van der Waals surface area (Å²) in [6, 6.07) is 14.5. The van der Waals surface area contributed by atoms with E-state index < -0.39 is 0 Å². The van der Waals surface area contributed by atoms with E-state index in [0.717, 1.165) is 5.69 Å². The Kier molecular flexibility index (Phi) is 4.90. The number of nitrogens with zero attached hydrogens (tertiary/aromatic N) is 1. The molecule has 0 aromatic heterocycles. The SMILES string of the molecule is O=C(NCC1COc2ccccc2O1)C1CC(=O)N(c2ccc(Cl)cc2)C1. The Morgan fingerprint density at radius 1 is 1.15 bits per heavy atom. The first-order chi connectivity index (χ1) is 13.1. The molecule has 1 N–H and O–H groups in total. The maximum Gasteiger partial charge on any atom is 0.227 e. The Morgan fingerprint density at radius 3 is 2.67 bits per heavy atom. The van der Waals surface area contributed by atoms with E-state index in [9.17, 15) is 9.59 Å². The van der Waals surface area contributed by atoms with Crippen LogP contribution in [0.15, 0.2) is 48.5 Å². The van der Waals surface area contributed by atoms with Crippen molar-refractivity contribution in [2.45, 2.75) is 12.5 Å². The number of fused-ring (bicyclic) bond motifs is 1. The number of carbonyl (C=O) groups excluding carboxylic acids is 2. The molecule has 2 aromatic rings. The van der Waals surface area contributed by atoms with Crippen molar-refractivity contribution in [1.82, 2.24) is 5.32 Å². The second-order valence-electron chi connectivity index (χ2n) is 6.62. The molecule has 0 aliphatic carbocycles. The van der Waals surface area contributed by atoms with Gasteiger partial charge in [-0.2, -0.15) is 0 Å². The van der Waals surface area contributed by atoms with Gasteiger partial charge in [0.25, 0.3) is 0 Å². The third kappa shape index (κ3) is 3.85. The van der Waals surface area contributed by atoms with Gasteiger partial charge in [-0.1, -0.05) is 23.7 Å². The summed E-state index contributed by atoms with van der Waals surface area (Å²) < 4.78 is 11.5. The van der Waals surface area contributed by atoms with Crippen LogP contribution in [0.4, 0.5) is 5.69 Å². The molecule has 6 nitrogen and oxygen atoms in total. The predicted octanol–water partition coefficient (Wildman–Crippen LogP) is 2.65. The number of anilines is 1. The Hall–Kier alpha value is -2.73. The van der Waals surface area contributed by atoms with Crippen molar-refractivity contribution in [3.05, 3.63) is 53.6 Å². The lowest BCUT2D eigenvalue weighted by atomic mass is 10.1. The monoisotopic (exact) mass is 386 g/mol. The number of ether oxygens (including phenoxy) is 2. The first-order valence-electron chi connectivity index (χ1n) is 8.82. The van der Waals surface area contributed by atoms with E-state index in [-0.39, 0.29) is 30.3 Å². The highest BCUT2D eigenvalue weighted by Gasteiger charge is 2.35. The minimum absolute atomic E-state index is 0.0661. The number of hydrogen-bond donors (Lipinski definition) is 1. The largest absolute Gasteiger partial charge is 0.486 e. The van der Waals surface area contributed by atoms with E-state index in [1.165, 1.54) is 0 Å². The van der Waals surface area contributed by atoms with Crippen molar-refractivity contribution in [2.75, 3.05) is 24.6 Å². The summed E-state index contributed by atoms with van der Waals surface area (Å²) in [6.45, 7) is 1.06. The molecule has 140 valence electrons. The van der Waals surface area contributed by atoms with Gasteiger partial charge in [0, 0.05) is 23.7 Å². The molecule has 2 amide bonds. The Balaban J connectivity index is 1.32. The average molecular weight is 387 g/mol. The molecular formula is C20H19ClN2O4. The van der Waals surface area contributed by atoms with Gasteiger partial charge in [0.2, 0.25) is 11.8 Å². The van der Waals surface area contributed by atoms with Crippen LogP contribution in [0.1, 0.15) is 6.42 Å². The number of hydrogen-bond acceptors (Lipinski definition) is 4. The number of halogens is 1. The second-order valence-corrected chi connectivity index (χ2v) is 7.06. The number of amides is 2. The topological polar surface area (TPSA) is 67.9 Å². The highest BCUT2D eigenvalue weighted by atomic mass is 35.5. The smallest absolute Gasteiger partial charge is 0.227 e. The van der Waals surface area contributed by atoms with Crippen LogP contribution in [0.2, 0.25) is 5.02 Å². The van der Waals surface area contributed by atoms with Gasteiger partial charge in [0.05, 0.1) is 12.5 Å². The van der Waals surface area contributed by atoms with E-state index in [1.54, 1.807) is 29.2 Å². The predicted molar refractivity (Wildman–Crippen MR) is 101 cm³/mol. The molecule has 27 heavy (non-hydrogen) atoms. The minimum Gasteiger partial charge on any atom is -0.486 e. The normalized spacial score (nSPS) is 21.2. The Labute approximate surface area is 162 Å². The van der Waals surface area contributed by atoms with Crippen molar-refractivity contribution >= 4 is 29.1 Å². The quantitative estimate of drug-likeness (QED) is 0.877. The fourth-order valence-electron chi connectivity index (χ4n) is 3.28. The lowest BCUT2D eigenvalue weighted by Crippen LogP contribution is -2.43. The zero-order chi connectivity index (χ0) is 18.8. The van der Waals surface area contributed by atoms with Gasteiger partial charge in [0.1, 0.15) is 12.7 Å². The van der Waals surface area contributed by atoms with Gasteiger partial charge < -0.3 is 19.7 Å². The molecular weight excluding hydrogens is 368 g/mol. The van der Waals surface area contributed by atoms with Crippen molar-refractivity contribution in [3.63, 3.8) is 0 Å². The third-order valence-corrected chi connectivity index (χ3v) is 4.96. The van der Waals surface area contributed by atoms with Crippen molar-refractivity contribution < 1.29 is 19.1 Å². The molecule has 2 heterocycles. The van der Waals surface area contributed by atoms with Crippen LogP contribution in [0, 0.1) is 5.92 Å². The molecule has 7 heteroatoms. The number of nitrogens with one attached hydrogen (secondary N) is 1. The molecule has 2 unspecified atom stereocenters. The standard InChI is InChI=1S/C20H19ClN2O4/c21-14-5-7-15(8-6-14)23-11-13(9-19(23)24)20(25)22-10-16-12-26-17-3-1-2-4-18(17)27-16/h1-8,13,16H,9-12H2,(H,22,25). The number of rotatable bonds is 4. The van der Waals surface area contributed by atoms with Gasteiger partial charge in [-0.3, -0.25) is 9.59 Å². The highest BCUT2D eigenvalue weighted by Crippen LogP contribution is 2.31. The third-order valence-electron chi connectivity index (χ3n) is 4.71. The van der Waals surface area contributed by atoms with E-state index >= 15 is 0 Å². The number of benzene rings is 2. The molecule has 0 bridgehead atoms. The fourth-order valence-corrected chi connectivity index (χ4v) is 3.40. The van der Waals surface area contributed by atoms with Crippen molar-refractivity contribution in [1.29, 1.82) is 0 Å². The van der Waals surface area contributed by atoms with Gasteiger partial charge in [-0.15, -0.1) is 0 Å². The van der Waals surface area contributed by atoms with E-state index in [0.29, 0.717) is 36.2 Å². The zero-order valence-electron chi connectivity index (χ0n) is 14.6. The van der Waals surface area contributed by atoms with E-state index in [4.69, 9.17) is 21.1 Å². The Bertz CT molecular complexity index is 855. The van der Waals surface area contributed by atoms with E-state index in [1.807, 2.05) is 24.3 Å². The average Bonchev–Trinajstić information content (AvgIpc) is 3.08. The Morgan fingerprint density at radius 2 is 1.89 bits per heavy atom. The summed E-state index contributed by atoms with van der Waals surface area (Å²) in [7, 11) is 0. The van der Waals surface area contributed by atoms with E-state index in [2.05, 4.69) is 5.32 Å². The molecule has 1 fully saturated rings. The van der Waals surface area contributed by atoms with Gasteiger partial charge in [-0.05, 0) is 36.4 Å². The first-order valence-corrected chi connectivity index (χ1v) is 9.20. The zero-order valence-corrected chi connectivity index (χ0v) is 15.3. The lowest BCUT2D eigenvalue weighted by molar-refractivity contribution is -0.126. The van der Waals surface area contributed by atoms with Crippen LogP contribution < -0.4 is 19.7 Å². The van der Waals surface area contributed by atoms with Crippen LogP contribution in [0.5, 0.6) is 11.5 Å². The number of para-hydroxylation sites is 2. The number of carbonyl (C=O) groups is 2. The van der Waals surface area contributed by atoms with Crippen molar-refractivity contribution in [2.24, 2.45) is 5.92 Å². The molecule has 2 aromatic carbocycles. The fraction of sp³-hybridized carbons (Fsp3) is 0.300. The highest BCUT2D eigenvalue weighted by molar-refractivity contribution is 6.30. The summed E-state index contributed by atoms with van der Waals surface area (Å²) in [5, 5.41) is 3.49. The summed E-state index contributed by atoms with van der Waals surface area (Å²) in [6.07, 6.45) is -0.0624. The van der Waals surface area contributed by atoms with Gasteiger partial charge in [0.15, 0.2) is 11.5 Å². The molecule has 2 aliphatic heterocycles.